The van der Waals surface area contributed by atoms with Crippen molar-refractivity contribution in [2.24, 2.45) is 0 Å². The van der Waals surface area contributed by atoms with Crippen LogP contribution in [-0.2, 0) is 11.2 Å². The minimum absolute atomic E-state index is 0.119. The Morgan fingerprint density at radius 1 is 0.935 bits per heavy atom. The number of hydrogen-bond acceptors (Lipinski definition) is 4. The van der Waals surface area contributed by atoms with Gasteiger partial charge in [0.1, 0.15) is 11.2 Å². The van der Waals surface area contributed by atoms with Crippen LogP contribution in [-0.4, -0.2) is 11.1 Å². The lowest BCUT2D eigenvalue weighted by molar-refractivity contribution is -0.136. The van der Waals surface area contributed by atoms with Crippen LogP contribution in [0.4, 0.5) is 0 Å². The topological polar surface area (TPSA) is 80.6 Å². The second-order valence-corrected chi connectivity index (χ2v) is 7.85. The normalized spacial score (nSPS) is 11.5. The second kappa shape index (κ2) is 7.13. The predicted octanol–water partition coefficient (Wildman–Crippen LogP) is 5.99. The third kappa shape index (κ3) is 3.10. The third-order valence-electron chi connectivity index (χ3n) is 5.99. The summed E-state index contributed by atoms with van der Waals surface area (Å²) in [7, 11) is 0. The Kier molecular flexibility index (Phi) is 4.40. The van der Waals surface area contributed by atoms with Crippen LogP contribution in [0.15, 0.2) is 68.4 Å². The molecule has 0 atom stereocenters. The monoisotopic (exact) mass is 412 g/mol. The summed E-state index contributed by atoms with van der Waals surface area (Å²) < 4.78 is 11.5. The van der Waals surface area contributed by atoms with Gasteiger partial charge < -0.3 is 13.9 Å². The smallest absolute Gasteiger partial charge is 0.339 e. The number of benzene rings is 3. The molecule has 0 amide bonds. The predicted molar refractivity (Wildman–Crippen MR) is 121 cm³/mol. The van der Waals surface area contributed by atoms with Crippen molar-refractivity contribution in [1.29, 1.82) is 0 Å². The Hall–Kier alpha value is -3.86. The van der Waals surface area contributed by atoms with Crippen molar-refractivity contribution in [2.45, 2.75) is 26.7 Å². The molecule has 2 heterocycles. The molecule has 0 radical (unpaired) electrons. The minimum Gasteiger partial charge on any atom is -0.481 e. The number of aryl methyl sites for hydroxylation is 2. The number of carboxylic acids is 1. The van der Waals surface area contributed by atoms with E-state index in [4.69, 9.17) is 13.9 Å². The molecule has 154 valence electrons. The summed E-state index contributed by atoms with van der Waals surface area (Å²) in [5, 5.41) is 13.1. The molecule has 2 aromatic heterocycles. The summed E-state index contributed by atoms with van der Waals surface area (Å²) >= 11 is 0. The van der Waals surface area contributed by atoms with E-state index in [2.05, 4.69) is 30.3 Å². The van der Waals surface area contributed by atoms with E-state index in [1.54, 1.807) is 6.26 Å². The van der Waals surface area contributed by atoms with E-state index in [1.165, 1.54) is 5.39 Å². The maximum atomic E-state index is 12.5. The summed E-state index contributed by atoms with van der Waals surface area (Å²) in [6.07, 6.45) is 1.76. The van der Waals surface area contributed by atoms with Gasteiger partial charge in [0.25, 0.3) is 0 Å². The lowest BCUT2D eigenvalue weighted by Gasteiger charge is -2.10. The van der Waals surface area contributed by atoms with Crippen molar-refractivity contribution in [1.82, 2.24) is 0 Å². The van der Waals surface area contributed by atoms with Crippen molar-refractivity contribution in [2.75, 3.05) is 0 Å². The van der Waals surface area contributed by atoms with Gasteiger partial charge >= 0.3 is 11.6 Å². The first kappa shape index (κ1) is 19.1. The van der Waals surface area contributed by atoms with Gasteiger partial charge in [-0.2, -0.15) is 0 Å². The van der Waals surface area contributed by atoms with Crippen molar-refractivity contribution >= 4 is 38.7 Å². The first-order chi connectivity index (χ1) is 14.9. The highest BCUT2D eigenvalue weighted by atomic mass is 16.4. The molecule has 0 aliphatic rings. The average Bonchev–Trinajstić information content (AvgIpc) is 3.18. The highest BCUT2D eigenvalue weighted by Crippen LogP contribution is 2.38. The Balaban J connectivity index is 1.75. The molecule has 0 saturated heterocycles. The lowest BCUT2D eigenvalue weighted by atomic mass is 9.96. The fourth-order valence-corrected chi connectivity index (χ4v) is 4.30. The molecule has 3 aromatic carbocycles. The first-order valence-electron chi connectivity index (χ1n) is 10.1. The van der Waals surface area contributed by atoms with E-state index >= 15 is 0 Å². The van der Waals surface area contributed by atoms with E-state index in [-0.39, 0.29) is 12.8 Å². The molecule has 31 heavy (non-hydrogen) atoms. The Bertz CT molecular complexity index is 1550. The van der Waals surface area contributed by atoms with Crippen molar-refractivity contribution in [3.8, 4) is 11.1 Å². The molecule has 5 aromatic rings. The van der Waals surface area contributed by atoms with E-state index < -0.39 is 11.6 Å². The highest BCUT2D eigenvalue weighted by molar-refractivity contribution is 6.05. The summed E-state index contributed by atoms with van der Waals surface area (Å²) in [5.41, 5.74) is 4.58. The standard InChI is InChI=1S/C26H20O5/c1-14-19(9-10-23(27)28)26(29)31-25-15(2)24-21(12-20(14)25)22(13-30-24)18-8-7-16-5-3-4-6-17(16)11-18/h3-8,11-13H,9-10H2,1-2H3,(H,27,28). The molecule has 0 saturated carbocycles. The molecule has 0 unspecified atom stereocenters. The molecule has 0 aliphatic carbocycles. The maximum absolute atomic E-state index is 12.5. The Labute approximate surface area is 177 Å². The van der Waals surface area contributed by atoms with Crippen molar-refractivity contribution in [3.63, 3.8) is 0 Å². The van der Waals surface area contributed by atoms with Crippen LogP contribution in [0.2, 0.25) is 0 Å². The fourth-order valence-electron chi connectivity index (χ4n) is 4.30. The number of furan rings is 1. The SMILES string of the molecule is Cc1c(CCC(=O)O)c(=O)oc2c(C)c3occ(-c4ccc5ccccc5c4)c3cc12. The van der Waals surface area contributed by atoms with Crippen LogP contribution in [0.5, 0.6) is 0 Å². The number of carboxylic acid groups (broad SMARTS) is 1. The largest absolute Gasteiger partial charge is 0.481 e. The average molecular weight is 412 g/mol. The van der Waals surface area contributed by atoms with Crippen LogP contribution >= 0.6 is 0 Å². The van der Waals surface area contributed by atoms with E-state index in [0.717, 1.165) is 38.4 Å². The lowest BCUT2D eigenvalue weighted by Crippen LogP contribution is -2.12. The molecular formula is C26H20O5. The zero-order valence-corrected chi connectivity index (χ0v) is 17.2. The second-order valence-electron chi connectivity index (χ2n) is 7.85. The third-order valence-corrected chi connectivity index (χ3v) is 5.99. The van der Waals surface area contributed by atoms with Crippen molar-refractivity contribution in [3.05, 3.63) is 81.9 Å². The van der Waals surface area contributed by atoms with Gasteiger partial charge in [-0.25, -0.2) is 4.79 Å². The van der Waals surface area contributed by atoms with Gasteiger partial charge in [-0.3, -0.25) is 4.79 Å². The molecule has 5 rings (SSSR count). The number of hydrogen-bond donors (Lipinski definition) is 1. The Morgan fingerprint density at radius 2 is 1.71 bits per heavy atom. The molecule has 0 aliphatic heterocycles. The zero-order valence-electron chi connectivity index (χ0n) is 17.2. The molecule has 5 nitrogen and oxygen atoms in total. The van der Waals surface area contributed by atoms with Crippen LogP contribution in [0.25, 0.3) is 43.8 Å². The van der Waals surface area contributed by atoms with E-state index in [9.17, 15) is 9.59 Å². The van der Waals surface area contributed by atoms with Gasteiger partial charge in [0.05, 0.1) is 6.26 Å². The fraction of sp³-hybridized carbons (Fsp3) is 0.154. The molecule has 1 N–H and O–H groups in total. The number of fused-ring (bicyclic) bond motifs is 3. The summed E-state index contributed by atoms with van der Waals surface area (Å²) in [6, 6.07) is 16.5. The van der Waals surface area contributed by atoms with Crippen LogP contribution < -0.4 is 5.63 Å². The molecule has 0 spiro atoms. The summed E-state index contributed by atoms with van der Waals surface area (Å²) in [6.45, 7) is 3.72. The van der Waals surface area contributed by atoms with Gasteiger partial charge in [0, 0.05) is 33.9 Å². The first-order valence-corrected chi connectivity index (χ1v) is 10.1. The zero-order chi connectivity index (χ0) is 21.7. The quantitative estimate of drug-likeness (QED) is 0.367. The van der Waals surface area contributed by atoms with E-state index in [0.29, 0.717) is 16.7 Å². The molecule has 5 heteroatoms. The van der Waals surface area contributed by atoms with Gasteiger partial charge in [0.15, 0.2) is 0 Å². The summed E-state index contributed by atoms with van der Waals surface area (Å²) in [4.78, 5) is 23.5. The highest BCUT2D eigenvalue weighted by Gasteiger charge is 2.19. The molecule has 0 bridgehead atoms. The van der Waals surface area contributed by atoms with Crippen molar-refractivity contribution < 1.29 is 18.7 Å². The number of aliphatic carboxylic acids is 1. The van der Waals surface area contributed by atoms with Gasteiger partial charge in [0.2, 0.25) is 0 Å². The molecular weight excluding hydrogens is 392 g/mol. The van der Waals surface area contributed by atoms with Crippen LogP contribution in [0, 0.1) is 13.8 Å². The number of rotatable bonds is 4. The van der Waals surface area contributed by atoms with Gasteiger partial charge in [-0.15, -0.1) is 0 Å². The van der Waals surface area contributed by atoms with Crippen LogP contribution in [0.1, 0.15) is 23.1 Å². The van der Waals surface area contributed by atoms with Gasteiger partial charge in [-0.1, -0.05) is 36.4 Å². The molecule has 0 fully saturated rings. The maximum Gasteiger partial charge on any atom is 0.339 e. The minimum atomic E-state index is -0.945. The van der Waals surface area contributed by atoms with E-state index in [1.807, 2.05) is 32.0 Å². The number of carbonyl (C=O) groups is 1. The summed E-state index contributed by atoms with van der Waals surface area (Å²) in [5.74, 6) is -0.945. The van der Waals surface area contributed by atoms with Crippen LogP contribution in [0.3, 0.4) is 0 Å². The van der Waals surface area contributed by atoms with Gasteiger partial charge in [-0.05, 0) is 54.3 Å². The Morgan fingerprint density at radius 3 is 2.48 bits per heavy atom.